The number of rotatable bonds is 5. The van der Waals surface area contributed by atoms with E-state index in [0.29, 0.717) is 12.0 Å². The largest absolute Gasteiger partial charge is 0.369 e. The van der Waals surface area contributed by atoms with E-state index >= 15 is 0 Å². The van der Waals surface area contributed by atoms with Gasteiger partial charge in [0.25, 0.3) is 0 Å². The van der Waals surface area contributed by atoms with Crippen LogP contribution in [0.2, 0.25) is 0 Å². The molecule has 28 heavy (non-hydrogen) atoms. The van der Waals surface area contributed by atoms with Gasteiger partial charge >= 0.3 is 0 Å². The highest BCUT2D eigenvalue weighted by molar-refractivity contribution is 7.09. The van der Waals surface area contributed by atoms with Gasteiger partial charge in [-0.3, -0.25) is 9.80 Å². The number of piperazine rings is 1. The second-order valence-electron chi connectivity index (χ2n) is 8.35. The Kier molecular flexibility index (Phi) is 6.28. The van der Waals surface area contributed by atoms with Gasteiger partial charge in [-0.25, -0.2) is 9.37 Å². The van der Waals surface area contributed by atoms with E-state index in [1.54, 1.807) is 12.1 Å². The lowest BCUT2D eigenvalue weighted by molar-refractivity contribution is 0.0887. The molecule has 1 aromatic carbocycles. The van der Waals surface area contributed by atoms with Crippen molar-refractivity contribution in [1.82, 2.24) is 14.8 Å². The number of likely N-dealkylation sites (tertiary alicyclic amines) is 1. The molecule has 6 heteroatoms. The Morgan fingerprint density at radius 3 is 2.54 bits per heavy atom. The van der Waals surface area contributed by atoms with Gasteiger partial charge < -0.3 is 4.90 Å². The molecule has 1 atom stereocenters. The Morgan fingerprint density at radius 2 is 1.86 bits per heavy atom. The Labute approximate surface area is 172 Å². The molecule has 2 aromatic rings. The summed E-state index contributed by atoms with van der Waals surface area (Å²) in [6.07, 6.45) is 2.56. The predicted octanol–water partition coefficient (Wildman–Crippen LogP) is 4.19. The highest BCUT2D eigenvalue weighted by Gasteiger charge is 2.28. The average Bonchev–Trinajstić information content (AvgIpc) is 3.18. The van der Waals surface area contributed by atoms with Gasteiger partial charge in [-0.05, 0) is 49.6 Å². The van der Waals surface area contributed by atoms with Gasteiger partial charge in [0.2, 0.25) is 0 Å². The number of hydrogen-bond donors (Lipinski definition) is 0. The monoisotopic (exact) mass is 402 g/mol. The molecular formula is C22H31FN4S. The number of nitrogens with zero attached hydrogens (tertiary/aromatic N) is 4. The summed E-state index contributed by atoms with van der Waals surface area (Å²) in [5, 5.41) is 3.47. The lowest BCUT2D eigenvalue weighted by atomic mass is 10.0. The van der Waals surface area contributed by atoms with Gasteiger partial charge in [0, 0.05) is 49.8 Å². The van der Waals surface area contributed by atoms with E-state index in [9.17, 15) is 4.39 Å². The highest BCUT2D eigenvalue weighted by Crippen LogP contribution is 2.24. The van der Waals surface area contributed by atoms with Gasteiger partial charge in [-0.15, -0.1) is 11.3 Å². The van der Waals surface area contributed by atoms with Crippen molar-refractivity contribution in [2.75, 3.05) is 44.2 Å². The van der Waals surface area contributed by atoms with Crippen LogP contribution in [0.25, 0.3) is 0 Å². The second kappa shape index (κ2) is 8.89. The van der Waals surface area contributed by atoms with Crippen LogP contribution in [0.5, 0.6) is 0 Å². The van der Waals surface area contributed by atoms with E-state index in [1.807, 2.05) is 23.5 Å². The number of piperidine rings is 1. The van der Waals surface area contributed by atoms with Crippen molar-refractivity contribution >= 4 is 17.0 Å². The summed E-state index contributed by atoms with van der Waals surface area (Å²) < 4.78 is 13.2. The van der Waals surface area contributed by atoms with Crippen LogP contribution in [0, 0.1) is 5.82 Å². The van der Waals surface area contributed by atoms with Gasteiger partial charge in [0.1, 0.15) is 10.8 Å². The van der Waals surface area contributed by atoms with Crippen LogP contribution < -0.4 is 4.90 Å². The van der Waals surface area contributed by atoms with Crippen molar-refractivity contribution in [2.45, 2.75) is 45.2 Å². The minimum atomic E-state index is -0.162. The van der Waals surface area contributed by atoms with Crippen molar-refractivity contribution in [2.24, 2.45) is 0 Å². The summed E-state index contributed by atoms with van der Waals surface area (Å²) in [5.74, 6) is 0.349. The smallest absolute Gasteiger partial charge is 0.123 e. The molecule has 152 valence electrons. The third kappa shape index (κ3) is 4.73. The van der Waals surface area contributed by atoms with Crippen LogP contribution in [0.4, 0.5) is 10.1 Å². The Morgan fingerprint density at radius 1 is 1.11 bits per heavy atom. The molecule has 1 aromatic heterocycles. The zero-order chi connectivity index (χ0) is 19.5. The molecule has 0 N–H and O–H groups in total. The van der Waals surface area contributed by atoms with Crippen LogP contribution in [-0.2, 0) is 6.54 Å². The second-order valence-corrected chi connectivity index (χ2v) is 9.29. The van der Waals surface area contributed by atoms with Crippen molar-refractivity contribution in [3.63, 3.8) is 0 Å². The van der Waals surface area contributed by atoms with E-state index in [0.717, 1.165) is 45.0 Å². The van der Waals surface area contributed by atoms with Crippen molar-refractivity contribution in [3.05, 3.63) is 46.2 Å². The van der Waals surface area contributed by atoms with E-state index in [4.69, 9.17) is 4.98 Å². The number of benzene rings is 1. The molecule has 2 saturated heterocycles. The first kappa shape index (κ1) is 19.8. The van der Waals surface area contributed by atoms with E-state index < -0.39 is 0 Å². The van der Waals surface area contributed by atoms with Crippen molar-refractivity contribution in [3.8, 4) is 0 Å². The van der Waals surface area contributed by atoms with Crippen LogP contribution >= 0.6 is 11.3 Å². The maximum Gasteiger partial charge on any atom is 0.123 e. The lowest BCUT2D eigenvalue weighted by Gasteiger charge is -2.43. The van der Waals surface area contributed by atoms with E-state index in [1.165, 1.54) is 30.1 Å². The molecule has 3 heterocycles. The fraction of sp³-hybridized carbons (Fsp3) is 0.591. The molecule has 4 nitrogen and oxygen atoms in total. The van der Waals surface area contributed by atoms with Crippen LogP contribution in [0.15, 0.2) is 29.6 Å². The van der Waals surface area contributed by atoms with Crippen LogP contribution in [0.3, 0.4) is 0 Å². The average molecular weight is 403 g/mol. The quantitative estimate of drug-likeness (QED) is 0.748. The molecular weight excluding hydrogens is 371 g/mol. The molecule has 0 amide bonds. The molecule has 0 bridgehead atoms. The summed E-state index contributed by atoms with van der Waals surface area (Å²) in [6, 6.07) is 7.56. The van der Waals surface area contributed by atoms with E-state index in [2.05, 4.69) is 33.9 Å². The van der Waals surface area contributed by atoms with Gasteiger partial charge in [0.15, 0.2) is 0 Å². The van der Waals surface area contributed by atoms with Crippen LogP contribution in [0.1, 0.15) is 43.3 Å². The summed E-state index contributed by atoms with van der Waals surface area (Å²) >= 11 is 1.81. The third-order valence-electron chi connectivity index (χ3n) is 6.02. The lowest BCUT2D eigenvalue weighted by Crippen LogP contribution is -2.55. The first-order valence-corrected chi connectivity index (χ1v) is 11.4. The van der Waals surface area contributed by atoms with Crippen LogP contribution in [-0.4, -0.2) is 60.1 Å². The summed E-state index contributed by atoms with van der Waals surface area (Å²) in [6.45, 7) is 12.0. The Hall–Kier alpha value is -1.50. The molecule has 0 aliphatic carbocycles. The first-order chi connectivity index (χ1) is 13.6. The standard InChI is InChI=1S/C22H31FN4S/c1-17(2)21-16-28-22(24-21)15-25-9-3-4-20(14-25)27-12-10-26(11-13-27)19-7-5-18(23)6-8-19/h5-8,16-17,20H,3-4,9-15H2,1-2H3/t20-/m1/s1. The van der Waals surface area contributed by atoms with Crippen molar-refractivity contribution < 1.29 is 4.39 Å². The Bertz CT molecular complexity index is 752. The SMILES string of the molecule is CC(C)c1csc(CN2CCC[C@@H](N3CCN(c4ccc(F)cc4)CC3)C2)n1. The third-order valence-corrected chi connectivity index (χ3v) is 6.87. The highest BCUT2D eigenvalue weighted by atomic mass is 32.1. The number of aromatic nitrogens is 1. The first-order valence-electron chi connectivity index (χ1n) is 10.5. The predicted molar refractivity (Wildman–Crippen MR) is 115 cm³/mol. The minimum absolute atomic E-state index is 0.162. The maximum atomic E-state index is 13.2. The molecule has 2 fully saturated rings. The molecule has 0 radical (unpaired) electrons. The molecule has 2 aliphatic rings. The number of anilines is 1. The Balaban J connectivity index is 1.29. The van der Waals surface area contributed by atoms with Gasteiger partial charge in [0.05, 0.1) is 12.2 Å². The summed E-state index contributed by atoms with van der Waals surface area (Å²) in [7, 11) is 0. The maximum absolute atomic E-state index is 13.2. The van der Waals surface area contributed by atoms with Gasteiger partial charge in [-0.1, -0.05) is 13.8 Å². The number of hydrogen-bond acceptors (Lipinski definition) is 5. The zero-order valence-electron chi connectivity index (χ0n) is 17.0. The normalized spacial score (nSPS) is 22.1. The van der Waals surface area contributed by atoms with Gasteiger partial charge in [-0.2, -0.15) is 0 Å². The minimum Gasteiger partial charge on any atom is -0.369 e. The molecule has 0 spiro atoms. The molecule has 2 aliphatic heterocycles. The van der Waals surface area contributed by atoms with E-state index in [-0.39, 0.29) is 5.82 Å². The number of thiazole rings is 1. The summed E-state index contributed by atoms with van der Waals surface area (Å²) in [4.78, 5) is 12.4. The summed E-state index contributed by atoms with van der Waals surface area (Å²) in [5.41, 5.74) is 2.36. The molecule has 0 saturated carbocycles. The topological polar surface area (TPSA) is 22.6 Å². The molecule has 0 unspecified atom stereocenters. The molecule has 4 rings (SSSR count). The zero-order valence-corrected chi connectivity index (χ0v) is 17.8. The van der Waals surface area contributed by atoms with Crippen molar-refractivity contribution in [1.29, 1.82) is 0 Å². The fourth-order valence-corrected chi connectivity index (χ4v) is 5.32. The number of halogens is 1. The fourth-order valence-electron chi connectivity index (χ4n) is 4.32.